The Morgan fingerprint density at radius 3 is 2.75 bits per heavy atom. The molecule has 3 aromatic rings. The van der Waals surface area contributed by atoms with Gasteiger partial charge in [-0.1, -0.05) is 23.7 Å². The molecule has 32 heavy (non-hydrogen) atoms. The molecule has 1 N–H and O–H groups in total. The Bertz CT molecular complexity index is 1250. The molecule has 0 aliphatic carbocycles. The summed E-state index contributed by atoms with van der Waals surface area (Å²) in [6, 6.07) is 15.0. The number of aliphatic hydroxyl groups excluding tert-OH is 1. The number of ketones is 1. The number of hydrogen-bond donors (Lipinski definition) is 1. The van der Waals surface area contributed by atoms with Crippen molar-refractivity contribution in [3.8, 4) is 5.75 Å². The van der Waals surface area contributed by atoms with Gasteiger partial charge in [0.2, 0.25) is 0 Å². The zero-order valence-corrected chi connectivity index (χ0v) is 18.7. The first-order valence-electron chi connectivity index (χ1n) is 10.0. The molecule has 0 bridgehead atoms. The highest BCUT2D eigenvalue weighted by Crippen LogP contribution is 2.44. The van der Waals surface area contributed by atoms with Gasteiger partial charge in [0.25, 0.3) is 11.7 Å². The summed E-state index contributed by atoms with van der Waals surface area (Å²) in [6.45, 7) is 1.30. The topological polar surface area (TPSA) is 70.1 Å². The second kappa shape index (κ2) is 8.00. The van der Waals surface area contributed by atoms with Crippen molar-refractivity contribution >= 4 is 51.8 Å². The molecular formula is C24H19ClN2O4S. The zero-order valence-electron chi connectivity index (χ0n) is 17.1. The normalized spacial score (nSPS) is 19.8. The predicted octanol–water partition coefficient (Wildman–Crippen LogP) is 4.86. The zero-order chi connectivity index (χ0) is 22.4. The number of thiophene rings is 1. The van der Waals surface area contributed by atoms with Crippen LogP contribution in [0.3, 0.4) is 0 Å². The van der Waals surface area contributed by atoms with Crippen molar-refractivity contribution in [2.75, 3.05) is 30.0 Å². The second-order valence-electron chi connectivity index (χ2n) is 7.62. The van der Waals surface area contributed by atoms with Gasteiger partial charge in [-0.05, 0) is 47.8 Å². The van der Waals surface area contributed by atoms with Gasteiger partial charge >= 0.3 is 0 Å². The average molecular weight is 467 g/mol. The minimum Gasteiger partial charge on any atom is -0.507 e. The lowest BCUT2D eigenvalue weighted by molar-refractivity contribution is -0.132. The van der Waals surface area contributed by atoms with Crippen LogP contribution in [0.4, 0.5) is 11.4 Å². The third-order valence-corrected chi connectivity index (χ3v) is 6.83. The molecule has 8 heteroatoms. The maximum absolute atomic E-state index is 13.2. The fraction of sp³-hybridized carbons (Fsp3) is 0.167. The first-order valence-corrected chi connectivity index (χ1v) is 11.3. The third-order valence-electron chi connectivity index (χ3n) is 5.67. The van der Waals surface area contributed by atoms with Crippen molar-refractivity contribution in [3.05, 3.63) is 81.0 Å². The summed E-state index contributed by atoms with van der Waals surface area (Å²) in [6.07, 6.45) is 0. The van der Waals surface area contributed by atoms with Crippen LogP contribution in [0.25, 0.3) is 5.76 Å². The smallest absolute Gasteiger partial charge is 0.300 e. The van der Waals surface area contributed by atoms with Crippen LogP contribution in [0, 0.1) is 0 Å². The summed E-state index contributed by atoms with van der Waals surface area (Å²) < 4.78 is 5.68. The molecule has 1 amide bonds. The number of nitrogens with zero attached hydrogens (tertiary/aromatic N) is 2. The molecule has 1 unspecified atom stereocenters. The van der Waals surface area contributed by atoms with Crippen molar-refractivity contribution in [3.63, 3.8) is 0 Å². The van der Waals surface area contributed by atoms with E-state index in [0.29, 0.717) is 35.2 Å². The average Bonchev–Trinajstić information content (AvgIpc) is 3.40. The molecule has 1 aromatic heterocycles. The first kappa shape index (κ1) is 20.6. The van der Waals surface area contributed by atoms with Crippen LogP contribution >= 0.6 is 22.9 Å². The quantitative estimate of drug-likeness (QED) is 0.339. The molecule has 3 heterocycles. The van der Waals surface area contributed by atoms with E-state index in [1.165, 1.54) is 16.2 Å². The number of carbonyl (C=O) groups excluding carboxylic acids is 2. The molecule has 6 nitrogen and oxygen atoms in total. The lowest BCUT2D eigenvalue weighted by Gasteiger charge is -2.28. The van der Waals surface area contributed by atoms with Crippen LogP contribution in [0.15, 0.2) is 65.6 Å². The Morgan fingerprint density at radius 1 is 1.16 bits per heavy atom. The van der Waals surface area contributed by atoms with E-state index in [1.54, 1.807) is 42.5 Å². The number of ether oxygens (including phenoxy) is 1. The fourth-order valence-electron chi connectivity index (χ4n) is 4.09. The summed E-state index contributed by atoms with van der Waals surface area (Å²) >= 11 is 7.57. The molecule has 1 atom stereocenters. The van der Waals surface area contributed by atoms with Gasteiger partial charge in [0.15, 0.2) is 0 Å². The number of rotatable bonds is 3. The van der Waals surface area contributed by atoms with Crippen molar-refractivity contribution < 1.29 is 19.4 Å². The van der Waals surface area contributed by atoms with Crippen molar-refractivity contribution in [1.82, 2.24) is 0 Å². The fourth-order valence-corrected chi connectivity index (χ4v) is 5.10. The Balaban J connectivity index is 1.68. The Morgan fingerprint density at radius 2 is 2.00 bits per heavy atom. The maximum atomic E-state index is 13.2. The minimum absolute atomic E-state index is 0.0526. The summed E-state index contributed by atoms with van der Waals surface area (Å²) in [5, 5.41) is 13.6. The molecule has 5 rings (SSSR count). The molecule has 2 aliphatic heterocycles. The lowest BCUT2D eigenvalue weighted by Crippen LogP contribution is -2.29. The molecular weight excluding hydrogens is 448 g/mol. The van der Waals surface area contributed by atoms with E-state index in [-0.39, 0.29) is 11.3 Å². The number of hydrogen-bond acceptors (Lipinski definition) is 6. The predicted molar refractivity (Wildman–Crippen MR) is 126 cm³/mol. The van der Waals surface area contributed by atoms with E-state index < -0.39 is 17.7 Å². The molecule has 0 spiro atoms. The monoisotopic (exact) mass is 466 g/mol. The van der Waals surface area contributed by atoms with Gasteiger partial charge < -0.3 is 14.7 Å². The highest BCUT2D eigenvalue weighted by molar-refractivity contribution is 7.10. The molecule has 1 saturated heterocycles. The largest absolute Gasteiger partial charge is 0.507 e. The van der Waals surface area contributed by atoms with Crippen molar-refractivity contribution in [1.29, 1.82) is 0 Å². The maximum Gasteiger partial charge on any atom is 0.300 e. The molecule has 1 fully saturated rings. The minimum atomic E-state index is -0.751. The highest BCUT2D eigenvalue weighted by Gasteiger charge is 2.47. The van der Waals surface area contributed by atoms with E-state index in [9.17, 15) is 14.7 Å². The summed E-state index contributed by atoms with van der Waals surface area (Å²) in [4.78, 5) is 30.5. The standard InChI is InChI=1S/C24H19ClN2O4S/c1-26-9-10-31-18-8-7-14(12-17(18)26)22(28)20-21(19-6-3-11-32-19)27(24(30)23(20)29)16-5-2-4-15(25)13-16/h2-8,11-13,21,28H,9-10H2,1H3/b22-20-. The van der Waals surface area contributed by atoms with Crippen LogP contribution in [0.1, 0.15) is 16.5 Å². The van der Waals surface area contributed by atoms with Gasteiger partial charge in [0, 0.05) is 28.2 Å². The van der Waals surface area contributed by atoms with E-state index in [2.05, 4.69) is 0 Å². The third kappa shape index (κ3) is 3.34. The van der Waals surface area contributed by atoms with E-state index in [0.717, 1.165) is 10.6 Å². The number of amides is 1. The summed E-state index contributed by atoms with van der Waals surface area (Å²) in [7, 11) is 1.94. The van der Waals surface area contributed by atoms with E-state index in [1.807, 2.05) is 29.5 Å². The van der Waals surface area contributed by atoms with Gasteiger partial charge in [-0.25, -0.2) is 0 Å². The second-order valence-corrected chi connectivity index (χ2v) is 9.03. The Labute approximate surface area is 193 Å². The van der Waals surface area contributed by atoms with E-state index >= 15 is 0 Å². The number of aliphatic hydroxyl groups is 1. The summed E-state index contributed by atoms with van der Waals surface area (Å²) in [5.74, 6) is -0.939. The Hall–Kier alpha value is -3.29. The van der Waals surface area contributed by atoms with Gasteiger partial charge in [0.05, 0.1) is 17.8 Å². The van der Waals surface area contributed by atoms with Gasteiger partial charge in [-0.3, -0.25) is 14.5 Å². The molecule has 2 aliphatic rings. The molecule has 162 valence electrons. The van der Waals surface area contributed by atoms with Crippen LogP contribution in [0.5, 0.6) is 5.75 Å². The van der Waals surface area contributed by atoms with Crippen molar-refractivity contribution in [2.24, 2.45) is 0 Å². The lowest BCUT2D eigenvalue weighted by atomic mass is 9.99. The number of halogens is 1. The number of Topliss-reactive ketones (excluding diaryl/α,β-unsaturated/α-hetero) is 1. The van der Waals surface area contributed by atoms with Gasteiger partial charge in [0.1, 0.15) is 24.2 Å². The highest BCUT2D eigenvalue weighted by atomic mass is 35.5. The van der Waals surface area contributed by atoms with Crippen LogP contribution in [-0.2, 0) is 9.59 Å². The van der Waals surface area contributed by atoms with Gasteiger partial charge in [-0.15, -0.1) is 11.3 Å². The van der Waals surface area contributed by atoms with Crippen LogP contribution in [-0.4, -0.2) is 37.0 Å². The molecule has 0 radical (unpaired) electrons. The summed E-state index contributed by atoms with van der Waals surface area (Å²) in [5.41, 5.74) is 1.82. The van der Waals surface area contributed by atoms with Gasteiger partial charge in [-0.2, -0.15) is 0 Å². The number of carbonyl (C=O) groups is 2. The SMILES string of the molecule is CN1CCOc2ccc(/C(O)=C3/C(=O)C(=O)N(c4cccc(Cl)c4)C3c3cccs3)cc21. The van der Waals surface area contributed by atoms with Crippen molar-refractivity contribution in [2.45, 2.75) is 6.04 Å². The molecule has 2 aromatic carbocycles. The number of anilines is 2. The van der Waals surface area contributed by atoms with Crippen LogP contribution in [0.2, 0.25) is 5.02 Å². The Kier molecular flexibility index (Phi) is 5.15. The first-order chi connectivity index (χ1) is 15.5. The number of benzene rings is 2. The molecule has 0 saturated carbocycles. The van der Waals surface area contributed by atoms with Crippen LogP contribution < -0.4 is 14.5 Å². The van der Waals surface area contributed by atoms with E-state index in [4.69, 9.17) is 16.3 Å². The number of likely N-dealkylation sites (N-methyl/N-ethyl adjacent to an activating group) is 1. The number of fused-ring (bicyclic) bond motifs is 1.